The molecule has 0 spiro atoms. The highest BCUT2D eigenvalue weighted by Gasteiger charge is 2.38. The highest BCUT2D eigenvalue weighted by atomic mass is 19.3. The molecular formula is C6H12F2O2. The normalized spacial score (nSPS) is 12.6. The first-order chi connectivity index (χ1) is 4.58. The zero-order valence-electron chi connectivity index (χ0n) is 6.36. The number of alkyl halides is 2. The molecule has 0 aromatic heterocycles. The number of hydrogen-bond donors (Lipinski definition) is 0. The molecule has 0 fully saturated rings. The molecule has 0 aromatic carbocycles. The van der Waals surface area contributed by atoms with Gasteiger partial charge in [-0.25, -0.2) is 8.78 Å². The Morgan fingerprint density at radius 1 is 1.30 bits per heavy atom. The lowest BCUT2D eigenvalue weighted by Crippen LogP contribution is -2.35. The van der Waals surface area contributed by atoms with Crippen molar-refractivity contribution in [1.29, 1.82) is 0 Å². The van der Waals surface area contributed by atoms with Gasteiger partial charge in [0.25, 0.3) is 5.92 Å². The van der Waals surface area contributed by atoms with E-state index in [1.807, 2.05) is 0 Å². The van der Waals surface area contributed by atoms with Crippen molar-refractivity contribution in [3.8, 4) is 0 Å². The average Bonchev–Trinajstić information content (AvgIpc) is 1.90. The van der Waals surface area contributed by atoms with E-state index in [-0.39, 0.29) is 6.42 Å². The van der Waals surface area contributed by atoms with Crippen LogP contribution in [0.1, 0.15) is 13.3 Å². The molecule has 2 nitrogen and oxygen atoms in total. The van der Waals surface area contributed by atoms with E-state index < -0.39 is 12.2 Å². The van der Waals surface area contributed by atoms with Gasteiger partial charge >= 0.3 is 0 Å². The topological polar surface area (TPSA) is 18.5 Å². The zero-order valence-corrected chi connectivity index (χ0v) is 6.36. The fourth-order valence-electron chi connectivity index (χ4n) is 0.608. The second kappa shape index (κ2) is 3.83. The van der Waals surface area contributed by atoms with Crippen LogP contribution in [0.3, 0.4) is 0 Å². The van der Waals surface area contributed by atoms with Gasteiger partial charge in [0.2, 0.25) is 6.29 Å². The van der Waals surface area contributed by atoms with Crippen molar-refractivity contribution < 1.29 is 18.3 Å². The summed E-state index contributed by atoms with van der Waals surface area (Å²) in [5.74, 6) is -2.89. The van der Waals surface area contributed by atoms with E-state index in [4.69, 9.17) is 0 Å². The molecular weight excluding hydrogens is 142 g/mol. The molecule has 62 valence electrons. The minimum atomic E-state index is -2.89. The van der Waals surface area contributed by atoms with Crippen LogP contribution in [-0.4, -0.2) is 26.4 Å². The lowest BCUT2D eigenvalue weighted by molar-refractivity contribution is -0.236. The maximum Gasteiger partial charge on any atom is 0.297 e. The molecule has 0 radical (unpaired) electrons. The first-order valence-corrected chi connectivity index (χ1v) is 3.02. The second-order valence-electron chi connectivity index (χ2n) is 1.92. The highest BCUT2D eigenvalue weighted by molar-refractivity contribution is 4.67. The number of methoxy groups -OCH3 is 2. The number of ether oxygens (including phenoxy) is 2. The van der Waals surface area contributed by atoms with Gasteiger partial charge in [0, 0.05) is 20.6 Å². The van der Waals surface area contributed by atoms with Gasteiger partial charge in [0.05, 0.1) is 0 Å². The van der Waals surface area contributed by atoms with E-state index in [0.717, 1.165) is 0 Å². The van der Waals surface area contributed by atoms with Gasteiger partial charge in [-0.05, 0) is 0 Å². The van der Waals surface area contributed by atoms with Crippen LogP contribution in [0, 0.1) is 0 Å². The summed E-state index contributed by atoms with van der Waals surface area (Å²) >= 11 is 0. The van der Waals surface area contributed by atoms with Crippen molar-refractivity contribution in [3.05, 3.63) is 0 Å². The van der Waals surface area contributed by atoms with Gasteiger partial charge in [-0.15, -0.1) is 0 Å². The molecule has 0 aliphatic carbocycles. The second-order valence-corrected chi connectivity index (χ2v) is 1.92. The fraction of sp³-hybridized carbons (Fsp3) is 1.00. The van der Waals surface area contributed by atoms with Crippen LogP contribution in [-0.2, 0) is 9.47 Å². The largest absolute Gasteiger partial charge is 0.351 e. The van der Waals surface area contributed by atoms with Crippen molar-refractivity contribution in [2.45, 2.75) is 25.6 Å². The third-order valence-corrected chi connectivity index (χ3v) is 1.24. The lowest BCUT2D eigenvalue weighted by atomic mass is 10.2. The molecule has 0 saturated carbocycles. The number of halogens is 2. The molecule has 0 amide bonds. The Morgan fingerprint density at radius 2 is 1.70 bits per heavy atom. The van der Waals surface area contributed by atoms with Crippen LogP contribution in [0.2, 0.25) is 0 Å². The SMILES string of the molecule is CCC(F)(F)C(OC)OC. The molecule has 0 unspecified atom stereocenters. The van der Waals surface area contributed by atoms with Crippen LogP contribution in [0.15, 0.2) is 0 Å². The molecule has 0 bridgehead atoms. The van der Waals surface area contributed by atoms with Crippen molar-refractivity contribution in [2.75, 3.05) is 14.2 Å². The van der Waals surface area contributed by atoms with Crippen LogP contribution in [0.4, 0.5) is 8.78 Å². The van der Waals surface area contributed by atoms with E-state index in [9.17, 15) is 8.78 Å². The van der Waals surface area contributed by atoms with E-state index in [1.54, 1.807) is 0 Å². The van der Waals surface area contributed by atoms with Crippen LogP contribution in [0.5, 0.6) is 0 Å². The maximum atomic E-state index is 12.6. The monoisotopic (exact) mass is 154 g/mol. The van der Waals surface area contributed by atoms with E-state index in [0.29, 0.717) is 0 Å². The molecule has 10 heavy (non-hydrogen) atoms. The van der Waals surface area contributed by atoms with Gasteiger partial charge in [-0.1, -0.05) is 6.92 Å². The van der Waals surface area contributed by atoms with Crippen LogP contribution < -0.4 is 0 Å². The highest BCUT2D eigenvalue weighted by Crippen LogP contribution is 2.24. The van der Waals surface area contributed by atoms with Crippen LogP contribution >= 0.6 is 0 Å². The van der Waals surface area contributed by atoms with Crippen molar-refractivity contribution >= 4 is 0 Å². The summed E-state index contributed by atoms with van der Waals surface area (Å²) in [7, 11) is 2.38. The molecule has 0 heterocycles. The van der Waals surface area contributed by atoms with Gasteiger partial charge in [-0.3, -0.25) is 0 Å². The third kappa shape index (κ3) is 2.19. The fourth-order valence-corrected chi connectivity index (χ4v) is 0.608. The smallest absolute Gasteiger partial charge is 0.297 e. The molecule has 0 aliphatic rings. The Labute approximate surface area is 59.1 Å². The summed E-state index contributed by atoms with van der Waals surface area (Å²) in [6.07, 6.45) is -1.70. The van der Waals surface area contributed by atoms with E-state index in [1.165, 1.54) is 21.1 Å². The van der Waals surface area contributed by atoms with Crippen molar-refractivity contribution in [1.82, 2.24) is 0 Å². The summed E-state index contributed by atoms with van der Waals surface area (Å²) in [4.78, 5) is 0. The predicted molar refractivity (Wildman–Crippen MR) is 33.0 cm³/mol. The Bertz CT molecular complexity index is 91.7. The number of rotatable bonds is 4. The van der Waals surface area contributed by atoms with Gasteiger partial charge in [-0.2, -0.15) is 0 Å². The quantitative estimate of drug-likeness (QED) is 0.573. The standard InChI is InChI=1S/C6H12F2O2/c1-4-6(7,8)5(9-2)10-3/h5H,4H2,1-3H3. The predicted octanol–water partition coefficient (Wildman–Crippen LogP) is 1.65. The van der Waals surface area contributed by atoms with Crippen molar-refractivity contribution in [2.24, 2.45) is 0 Å². The Morgan fingerprint density at radius 3 is 1.80 bits per heavy atom. The van der Waals surface area contributed by atoms with Crippen molar-refractivity contribution in [3.63, 3.8) is 0 Å². The minimum Gasteiger partial charge on any atom is -0.351 e. The Balaban J connectivity index is 3.97. The van der Waals surface area contributed by atoms with Gasteiger partial charge in [0.15, 0.2) is 0 Å². The first kappa shape index (κ1) is 9.78. The van der Waals surface area contributed by atoms with E-state index >= 15 is 0 Å². The summed E-state index contributed by atoms with van der Waals surface area (Å²) in [6, 6.07) is 0. The Kier molecular flexibility index (Phi) is 3.75. The first-order valence-electron chi connectivity index (χ1n) is 3.02. The minimum absolute atomic E-state index is 0.278. The maximum absolute atomic E-state index is 12.6. The van der Waals surface area contributed by atoms with E-state index in [2.05, 4.69) is 9.47 Å². The summed E-state index contributed by atoms with van der Waals surface area (Å²) in [5.41, 5.74) is 0. The molecule has 0 aliphatic heterocycles. The summed E-state index contributed by atoms with van der Waals surface area (Å²) in [6.45, 7) is 1.38. The van der Waals surface area contributed by atoms with Gasteiger partial charge < -0.3 is 9.47 Å². The molecule has 0 rings (SSSR count). The lowest BCUT2D eigenvalue weighted by Gasteiger charge is -2.22. The number of hydrogen-bond acceptors (Lipinski definition) is 2. The zero-order chi connectivity index (χ0) is 8.20. The molecule has 0 N–H and O–H groups in total. The Hall–Kier alpha value is -0.220. The summed E-state index contributed by atoms with van der Waals surface area (Å²) < 4.78 is 33.9. The molecule has 0 aromatic rings. The molecule has 0 saturated heterocycles. The summed E-state index contributed by atoms with van der Waals surface area (Å²) in [5, 5.41) is 0. The van der Waals surface area contributed by atoms with Crippen LogP contribution in [0.25, 0.3) is 0 Å². The molecule has 0 atom stereocenters. The third-order valence-electron chi connectivity index (χ3n) is 1.24. The van der Waals surface area contributed by atoms with Gasteiger partial charge in [0.1, 0.15) is 0 Å². The molecule has 4 heteroatoms. The average molecular weight is 154 g/mol.